The fraction of sp³-hybridized carbons (Fsp3) is 0.250. The second kappa shape index (κ2) is 6.80. The van der Waals surface area contributed by atoms with Crippen molar-refractivity contribution in [3.05, 3.63) is 51.7 Å². The highest BCUT2D eigenvalue weighted by molar-refractivity contribution is 9.10. The number of halogens is 2. The van der Waals surface area contributed by atoms with Crippen molar-refractivity contribution < 1.29 is 13.9 Å². The largest absolute Gasteiger partial charge is 0.493 e. The lowest BCUT2D eigenvalue weighted by atomic mass is 10.1. The molecule has 0 saturated carbocycles. The fourth-order valence-electron chi connectivity index (χ4n) is 2.04. The van der Waals surface area contributed by atoms with E-state index in [4.69, 9.17) is 9.47 Å². The van der Waals surface area contributed by atoms with E-state index in [1.807, 2.05) is 19.1 Å². The van der Waals surface area contributed by atoms with Crippen LogP contribution in [0.4, 0.5) is 10.1 Å². The van der Waals surface area contributed by atoms with Crippen molar-refractivity contribution in [2.24, 2.45) is 0 Å². The number of rotatable bonds is 5. The normalized spacial score (nSPS) is 10.3. The maximum atomic E-state index is 13.3. The van der Waals surface area contributed by atoms with Gasteiger partial charge in [0.15, 0.2) is 11.5 Å². The molecule has 2 aromatic rings. The quantitative estimate of drug-likeness (QED) is 0.856. The molecule has 0 atom stereocenters. The van der Waals surface area contributed by atoms with E-state index >= 15 is 0 Å². The first-order valence-corrected chi connectivity index (χ1v) is 7.25. The van der Waals surface area contributed by atoms with Crippen LogP contribution in [0.2, 0.25) is 0 Å². The second-order valence-electron chi connectivity index (χ2n) is 4.61. The Bertz CT molecular complexity index is 646. The Kier molecular flexibility index (Phi) is 5.07. The minimum Gasteiger partial charge on any atom is -0.493 e. The van der Waals surface area contributed by atoms with E-state index < -0.39 is 0 Å². The van der Waals surface area contributed by atoms with Gasteiger partial charge in [0.25, 0.3) is 0 Å². The Morgan fingerprint density at radius 3 is 2.43 bits per heavy atom. The van der Waals surface area contributed by atoms with Crippen LogP contribution in [-0.2, 0) is 6.54 Å². The van der Waals surface area contributed by atoms with Crippen molar-refractivity contribution in [2.45, 2.75) is 13.5 Å². The van der Waals surface area contributed by atoms with Crippen LogP contribution in [0.15, 0.2) is 34.8 Å². The number of aryl methyl sites for hydroxylation is 1. The molecule has 3 nitrogen and oxygen atoms in total. The van der Waals surface area contributed by atoms with Crippen LogP contribution in [0.25, 0.3) is 0 Å². The summed E-state index contributed by atoms with van der Waals surface area (Å²) in [5.41, 5.74) is 2.80. The number of hydrogen-bond acceptors (Lipinski definition) is 3. The van der Waals surface area contributed by atoms with Crippen LogP contribution in [0.5, 0.6) is 11.5 Å². The Labute approximate surface area is 132 Å². The molecule has 0 fully saturated rings. The Hall–Kier alpha value is -1.75. The first-order chi connectivity index (χ1) is 10.0. The zero-order chi connectivity index (χ0) is 15.4. The van der Waals surface area contributed by atoms with E-state index in [0.717, 1.165) is 21.3 Å². The van der Waals surface area contributed by atoms with Crippen LogP contribution >= 0.6 is 15.9 Å². The molecular weight excluding hydrogens is 337 g/mol. The third kappa shape index (κ3) is 3.67. The number of hydrogen-bond donors (Lipinski definition) is 1. The average Bonchev–Trinajstić information content (AvgIpc) is 2.48. The van der Waals surface area contributed by atoms with Crippen LogP contribution in [-0.4, -0.2) is 14.2 Å². The molecule has 0 heterocycles. The fourth-order valence-corrected chi connectivity index (χ4v) is 2.43. The zero-order valence-electron chi connectivity index (χ0n) is 12.2. The standard InChI is InChI=1S/C16H17BrFNO2/c1-10-6-15(20-2)16(21-3)8-14(10)19-9-11-7-12(18)4-5-13(11)17/h4-8,19H,9H2,1-3H3. The maximum absolute atomic E-state index is 13.3. The third-order valence-electron chi connectivity index (χ3n) is 3.21. The van der Waals surface area contributed by atoms with Crippen molar-refractivity contribution in [1.82, 2.24) is 0 Å². The van der Waals surface area contributed by atoms with Crippen LogP contribution in [0.1, 0.15) is 11.1 Å². The molecule has 0 aliphatic carbocycles. The van der Waals surface area contributed by atoms with E-state index in [2.05, 4.69) is 21.2 Å². The summed E-state index contributed by atoms with van der Waals surface area (Å²) in [5, 5.41) is 3.29. The Morgan fingerprint density at radius 2 is 1.76 bits per heavy atom. The van der Waals surface area contributed by atoms with Crippen LogP contribution < -0.4 is 14.8 Å². The predicted octanol–water partition coefficient (Wildman–Crippen LogP) is 4.53. The van der Waals surface area contributed by atoms with Crippen molar-refractivity contribution in [3.63, 3.8) is 0 Å². The minimum atomic E-state index is -0.251. The van der Waals surface area contributed by atoms with Gasteiger partial charge in [-0.2, -0.15) is 0 Å². The van der Waals surface area contributed by atoms with Gasteiger partial charge in [0.1, 0.15) is 5.82 Å². The van der Waals surface area contributed by atoms with Gasteiger partial charge in [-0.25, -0.2) is 4.39 Å². The smallest absolute Gasteiger partial charge is 0.162 e. The summed E-state index contributed by atoms with van der Waals surface area (Å²) in [4.78, 5) is 0. The molecule has 2 rings (SSSR count). The molecule has 0 saturated heterocycles. The Balaban J connectivity index is 2.21. The topological polar surface area (TPSA) is 30.5 Å². The zero-order valence-corrected chi connectivity index (χ0v) is 13.8. The summed E-state index contributed by atoms with van der Waals surface area (Å²) in [6.45, 7) is 2.49. The number of benzene rings is 2. The maximum Gasteiger partial charge on any atom is 0.162 e. The molecule has 0 unspecified atom stereocenters. The van der Waals surface area contributed by atoms with Gasteiger partial charge in [-0.05, 0) is 42.3 Å². The summed E-state index contributed by atoms with van der Waals surface area (Å²) in [5.74, 6) is 1.09. The molecule has 0 spiro atoms. The molecule has 0 aliphatic rings. The second-order valence-corrected chi connectivity index (χ2v) is 5.47. The van der Waals surface area contributed by atoms with E-state index in [0.29, 0.717) is 18.0 Å². The summed E-state index contributed by atoms with van der Waals surface area (Å²) in [6, 6.07) is 8.42. The number of anilines is 1. The number of methoxy groups -OCH3 is 2. The van der Waals surface area contributed by atoms with Crippen molar-refractivity contribution in [1.29, 1.82) is 0 Å². The lowest BCUT2D eigenvalue weighted by Gasteiger charge is -2.15. The van der Waals surface area contributed by atoms with Crippen LogP contribution in [0, 0.1) is 12.7 Å². The molecular formula is C16H17BrFNO2. The van der Waals surface area contributed by atoms with Gasteiger partial charge in [-0.15, -0.1) is 0 Å². The van der Waals surface area contributed by atoms with Gasteiger partial charge in [0.05, 0.1) is 14.2 Å². The third-order valence-corrected chi connectivity index (χ3v) is 3.98. The van der Waals surface area contributed by atoms with Crippen molar-refractivity contribution in [3.8, 4) is 11.5 Å². The number of ether oxygens (including phenoxy) is 2. The van der Waals surface area contributed by atoms with Crippen molar-refractivity contribution >= 4 is 21.6 Å². The average molecular weight is 354 g/mol. The molecule has 0 aromatic heterocycles. The molecule has 5 heteroatoms. The van der Waals surface area contributed by atoms with E-state index in [1.54, 1.807) is 20.3 Å². The molecule has 0 aliphatic heterocycles. The van der Waals surface area contributed by atoms with Gasteiger partial charge in [-0.1, -0.05) is 15.9 Å². The first-order valence-electron chi connectivity index (χ1n) is 6.45. The minimum absolute atomic E-state index is 0.251. The number of nitrogens with one attached hydrogen (secondary N) is 1. The van der Waals surface area contributed by atoms with Gasteiger partial charge in [0, 0.05) is 22.8 Å². The summed E-state index contributed by atoms with van der Waals surface area (Å²) in [6.07, 6.45) is 0. The van der Waals surface area contributed by atoms with Crippen LogP contribution in [0.3, 0.4) is 0 Å². The van der Waals surface area contributed by atoms with E-state index in [1.165, 1.54) is 12.1 Å². The first kappa shape index (κ1) is 15.6. The summed E-state index contributed by atoms with van der Waals surface area (Å²) >= 11 is 3.42. The molecule has 2 aromatic carbocycles. The van der Waals surface area contributed by atoms with E-state index in [9.17, 15) is 4.39 Å². The van der Waals surface area contributed by atoms with Crippen molar-refractivity contribution in [2.75, 3.05) is 19.5 Å². The molecule has 0 bridgehead atoms. The van der Waals surface area contributed by atoms with E-state index in [-0.39, 0.29) is 5.82 Å². The molecule has 1 N–H and O–H groups in total. The molecule has 21 heavy (non-hydrogen) atoms. The van der Waals surface area contributed by atoms with Gasteiger partial charge in [0.2, 0.25) is 0 Å². The predicted molar refractivity (Wildman–Crippen MR) is 85.7 cm³/mol. The summed E-state index contributed by atoms with van der Waals surface area (Å²) < 4.78 is 24.7. The molecule has 0 radical (unpaired) electrons. The highest BCUT2D eigenvalue weighted by Crippen LogP contribution is 2.33. The monoisotopic (exact) mass is 353 g/mol. The highest BCUT2D eigenvalue weighted by atomic mass is 79.9. The van der Waals surface area contributed by atoms with Gasteiger partial charge >= 0.3 is 0 Å². The van der Waals surface area contributed by atoms with Gasteiger partial charge < -0.3 is 14.8 Å². The molecule has 0 amide bonds. The summed E-state index contributed by atoms with van der Waals surface area (Å²) in [7, 11) is 3.20. The lowest BCUT2D eigenvalue weighted by molar-refractivity contribution is 0.355. The Morgan fingerprint density at radius 1 is 1.10 bits per heavy atom. The molecule has 112 valence electrons. The van der Waals surface area contributed by atoms with Gasteiger partial charge in [-0.3, -0.25) is 0 Å². The SMILES string of the molecule is COc1cc(C)c(NCc2cc(F)ccc2Br)cc1OC. The lowest BCUT2D eigenvalue weighted by Crippen LogP contribution is -2.03. The highest BCUT2D eigenvalue weighted by Gasteiger charge is 2.09.